The van der Waals surface area contributed by atoms with Gasteiger partial charge in [0, 0.05) is 13.0 Å². The third-order valence-electron chi connectivity index (χ3n) is 3.46. The molecule has 0 aliphatic rings. The highest BCUT2D eigenvalue weighted by Crippen LogP contribution is 2.29. The number of amides is 2. The fourth-order valence-electron chi connectivity index (χ4n) is 2.39. The molecular formula is C17H17N3O3S. The summed E-state index contributed by atoms with van der Waals surface area (Å²) in [6, 6.07) is 7.33. The van der Waals surface area contributed by atoms with Crippen LogP contribution in [0.25, 0.3) is 10.2 Å². The van der Waals surface area contributed by atoms with Crippen molar-refractivity contribution in [1.82, 2.24) is 10.3 Å². The van der Waals surface area contributed by atoms with E-state index in [1.54, 1.807) is 12.1 Å². The van der Waals surface area contributed by atoms with E-state index in [2.05, 4.69) is 27.8 Å². The maximum atomic E-state index is 12.0. The van der Waals surface area contributed by atoms with Crippen LogP contribution in [0.1, 0.15) is 28.1 Å². The van der Waals surface area contributed by atoms with Gasteiger partial charge in [0.25, 0.3) is 5.91 Å². The fourth-order valence-corrected chi connectivity index (χ4v) is 3.45. The zero-order chi connectivity index (χ0) is 17.1. The second kappa shape index (κ2) is 6.84. The smallest absolute Gasteiger partial charge is 0.286 e. The minimum atomic E-state index is -0.334. The average molecular weight is 343 g/mol. The van der Waals surface area contributed by atoms with Crippen molar-refractivity contribution in [2.45, 2.75) is 20.3 Å². The lowest BCUT2D eigenvalue weighted by molar-refractivity contribution is -0.116. The molecule has 0 aliphatic heterocycles. The van der Waals surface area contributed by atoms with Gasteiger partial charge in [-0.15, -0.1) is 0 Å². The molecule has 6 nitrogen and oxygen atoms in total. The number of aryl methyl sites for hydroxylation is 2. The number of carbonyl (C=O) groups is 2. The standard InChI is InChI=1S/C17H17N3O3S/c1-10-8-11(2)15-13(9-10)24-17(20-15)19-14(21)5-6-18-16(22)12-4-3-7-23-12/h3-4,7-9H,5-6H2,1-2H3,(H,18,22)(H,19,20,21). The van der Waals surface area contributed by atoms with Gasteiger partial charge >= 0.3 is 0 Å². The number of furan rings is 1. The second-order valence-electron chi connectivity index (χ2n) is 5.48. The van der Waals surface area contributed by atoms with Gasteiger partial charge in [-0.25, -0.2) is 4.98 Å². The second-order valence-corrected chi connectivity index (χ2v) is 6.51. The highest BCUT2D eigenvalue weighted by Gasteiger charge is 2.11. The number of hydrogen-bond acceptors (Lipinski definition) is 5. The van der Waals surface area contributed by atoms with Gasteiger partial charge in [-0.1, -0.05) is 17.4 Å². The van der Waals surface area contributed by atoms with E-state index in [0.29, 0.717) is 5.13 Å². The number of aromatic nitrogens is 1. The van der Waals surface area contributed by atoms with Crippen LogP contribution in [-0.4, -0.2) is 23.3 Å². The zero-order valence-electron chi connectivity index (χ0n) is 13.4. The first-order chi connectivity index (χ1) is 11.5. The monoisotopic (exact) mass is 343 g/mol. The van der Waals surface area contributed by atoms with E-state index in [0.717, 1.165) is 15.8 Å². The van der Waals surface area contributed by atoms with Crippen LogP contribution >= 0.6 is 11.3 Å². The molecule has 0 spiro atoms. The Bertz CT molecular complexity index is 884. The maximum absolute atomic E-state index is 12.0. The Morgan fingerprint density at radius 1 is 1.29 bits per heavy atom. The molecule has 0 radical (unpaired) electrons. The maximum Gasteiger partial charge on any atom is 0.286 e. The number of benzene rings is 1. The fraction of sp³-hybridized carbons (Fsp3) is 0.235. The lowest BCUT2D eigenvalue weighted by atomic mass is 10.1. The van der Waals surface area contributed by atoms with Gasteiger partial charge in [0.15, 0.2) is 10.9 Å². The van der Waals surface area contributed by atoms with Crippen molar-refractivity contribution in [3.8, 4) is 0 Å². The number of thiazole rings is 1. The molecule has 124 valence electrons. The van der Waals surface area contributed by atoms with Crippen LogP contribution in [-0.2, 0) is 4.79 Å². The van der Waals surface area contributed by atoms with Crippen molar-refractivity contribution in [3.63, 3.8) is 0 Å². The highest BCUT2D eigenvalue weighted by atomic mass is 32.1. The van der Waals surface area contributed by atoms with E-state index in [9.17, 15) is 9.59 Å². The molecule has 2 N–H and O–H groups in total. The van der Waals surface area contributed by atoms with Crippen LogP contribution < -0.4 is 10.6 Å². The SMILES string of the molecule is Cc1cc(C)c2nc(NC(=O)CCNC(=O)c3ccco3)sc2c1. The van der Waals surface area contributed by atoms with Crippen LogP contribution in [0, 0.1) is 13.8 Å². The quantitative estimate of drug-likeness (QED) is 0.745. The molecule has 0 saturated carbocycles. The number of anilines is 1. The van der Waals surface area contributed by atoms with Crippen molar-refractivity contribution < 1.29 is 14.0 Å². The summed E-state index contributed by atoms with van der Waals surface area (Å²) in [5.74, 6) is -0.297. The average Bonchev–Trinajstić information content (AvgIpc) is 3.16. The van der Waals surface area contributed by atoms with Crippen molar-refractivity contribution in [1.29, 1.82) is 0 Å². The van der Waals surface area contributed by atoms with Gasteiger partial charge in [-0.3, -0.25) is 9.59 Å². The van der Waals surface area contributed by atoms with E-state index in [1.165, 1.54) is 23.2 Å². The number of rotatable bonds is 5. The van der Waals surface area contributed by atoms with E-state index in [-0.39, 0.29) is 30.5 Å². The van der Waals surface area contributed by atoms with Crippen molar-refractivity contribution in [3.05, 3.63) is 47.4 Å². The van der Waals surface area contributed by atoms with E-state index >= 15 is 0 Å². The van der Waals surface area contributed by atoms with Crippen LogP contribution in [0.5, 0.6) is 0 Å². The molecule has 0 fully saturated rings. The summed E-state index contributed by atoms with van der Waals surface area (Å²) in [6.07, 6.45) is 1.60. The zero-order valence-corrected chi connectivity index (χ0v) is 14.2. The number of nitrogens with zero attached hydrogens (tertiary/aromatic N) is 1. The van der Waals surface area contributed by atoms with Gasteiger partial charge in [0.2, 0.25) is 5.91 Å². The van der Waals surface area contributed by atoms with E-state index < -0.39 is 0 Å². The number of nitrogens with one attached hydrogen (secondary N) is 2. The minimum absolute atomic E-state index is 0.167. The lowest BCUT2D eigenvalue weighted by Gasteiger charge is -2.03. The van der Waals surface area contributed by atoms with Gasteiger partial charge in [0.1, 0.15) is 0 Å². The number of fused-ring (bicyclic) bond motifs is 1. The highest BCUT2D eigenvalue weighted by molar-refractivity contribution is 7.22. The Kier molecular flexibility index (Phi) is 4.61. The molecule has 0 saturated heterocycles. The molecule has 3 aromatic rings. The molecule has 2 amide bonds. The van der Waals surface area contributed by atoms with Crippen LogP contribution in [0.2, 0.25) is 0 Å². The first-order valence-electron chi connectivity index (χ1n) is 7.52. The molecular weight excluding hydrogens is 326 g/mol. The molecule has 2 heterocycles. The summed E-state index contributed by atoms with van der Waals surface area (Å²) in [5, 5.41) is 5.99. The summed E-state index contributed by atoms with van der Waals surface area (Å²) in [5.41, 5.74) is 3.17. The third kappa shape index (κ3) is 3.62. The van der Waals surface area contributed by atoms with Crippen molar-refractivity contribution in [2.24, 2.45) is 0 Å². The molecule has 0 bridgehead atoms. The van der Waals surface area contributed by atoms with Crippen LogP contribution in [0.15, 0.2) is 34.9 Å². The Hall–Kier alpha value is -2.67. The topological polar surface area (TPSA) is 84.2 Å². The summed E-state index contributed by atoms with van der Waals surface area (Å²) in [4.78, 5) is 28.1. The lowest BCUT2D eigenvalue weighted by Crippen LogP contribution is -2.27. The summed E-state index contributed by atoms with van der Waals surface area (Å²) in [6.45, 7) is 4.27. The molecule has 1 aromatic carbocycles. The molecule has 0 aliphatic carbocycles. The molecule has 2 aromatic heterocycles. The van der Waals surface area contributed by atoms with Gasteiger partial charge in [-0.2, -0.15) is 0 Å². The summed E-state index contributed by atoms with van der Waals surface area (Å²) < 4.78 is 6.03. The predicted octanol–water partition coefficient (Wildman–Crippen LogP) is 3.26. The first-order valence-corrected chi connectivity index (χ1v) is 8.34. The Balaban J connectivity index is 1.55. The largest absolute Gasteiger partial charge is 0.459 e. The Morgan fingerprint density at radius 2 is 2.12 bits per heavy atom. The van der Waals surface area contributed by atoms with E-state index in [1.807, 2.05) is 13.8 Å². The van der Waals surface area contributed by atoms with Crippen molar-refractivity contribution in [2.75, 3.05) is 11.9 Å². The predicted molar refractivity (Wildman–Crippen MR) is 93.4 cm³/mol. The molecule has 3 rings (SSSR count). The third-order valence-corrected chi connectivity index (χ3v) is 4.38. The van der Waals surface area contributed by atoms with Gasteiger partial charge < -0.3 is 15.1 Å². The first kappa shape index (κ1) is 16.2. The minimum Gasteiger partial charge on any atom is -0.459 e. The summed E-state index contributed by atoms with van der Waals surface area (Å²) >= 11 is 1.45. The molecule has 0 atom stereocenters. The normalized spacial score (nSPS) is 10.8. The number of hydrogen-bond donors (Lipinski definition) is 2. The van der Waals surface area contributed by atoms with Crippen LogP contribution in [0.3, 0.4) is 0 Å². The molecule has 0 unspecified atom stereocenters. The van der Waals surface area contributed by atoms with Crippen molar-refractivity contribution >= 4 is 38.5 Å². The molecule has 7 heteroatoms. The Morgan fingerprint density at radius 3 is 2.88 bits per heavy atom. The van der Waals surface area contributed by atoms with E-state index in [4.69, 9.17) is 4.42 Å². The van der Waals surface area contributed by atoms with Crippen LogP contribution in [0.4, 0.5) is 5.13 Å². The summed E-state index contributed by atoms with van der Waals surface area (Å²) in [7, 11) is 0. The Labute approximate surface area is 142 Å². The number of carbonyl (C=O) groups excluding carboxylic acids is 2. The van der Waals surface area contributed by atoms with Gasteiger partial charge in [-0.05, 0) is 43.2 Å². The molecule has 24 heavy (non-hydrogen) atoms. The van der Waals surface area contributed by atoms with Gasteiger partial charge in [0.05, 0.1) is 16.5 Å².